The van der Waals surface area contributed by atoms with E-state index in [9.17, 15) is 4.79 Å². The second-order valence-electron chi connectivity index (χ2n) is 7.06. The molecule has 3 aromatic rings. The van der Waals surface area contributed by atoms with Gasteiger partial charge in [0.05, 0.1) is 0 Å². The smallest absolute Gasteiger partial charge is 0.303 e. The third-order valence-electron chi connectivity index (χ3n) is 5.00. The first kappa shape index (κ1) is 19.1. The molecule has 0 saturated carbocycles. The molecule has 0 aliphatic heterocycles. The maximum atomic E-state index is 10.7. The first-order chi connectivity index (χ1) is 13.1. The highest BCUT2D eigenvalue weighted by Crippen LogP contribution is 2.24. The van der Waals surface area contributed by atoms with Gasteiger partial charge in [-0.05, 0) is 60.2 Å². The van der Waals surface area contributed by atoms with Gasteiger partial charge < -0.3 is 10.4 Å². The average molecular weight is 361 g/mol. The van der Waals surface area contributed by atoms with E-state index in [1.165, 1.54) is 21.9 Å². The predicted octanol–water partition coefficient (Wildman–Crippen LogP) is 5.14. The van der Waals surface area contributed by atoms with E-state index >= 15 is 0 Å². The zero-order valence-electron chi connectivity index (χ0n) is 15.8. The summed E-state index contributed by atoms with van der Waals surface area (Å²) >= 11 is 0. The highest BCUT2D eigenvalue weighted by atomic mass is 16.4. The monoisotopic (exact) mass is 361 g/mol. The molecule has 0 fully saturated rings. The first-order valence-corrected chi connectivity index (χ1v) is 9.64. The number of carboxylic acids is 1. The molecule has 140 valence electrons. The molecule has 0 aliphatic carbocycles. The van der Waals surface area contributed by atoms with E-state index in [0.717, 1.165) is 24.9 Å². The van der Waals surface area contributed by atoms with E-state index in [2.05, 4.69) is 66.8 Å². The minimum absolute atomic E-state index is 0.188. The third kappa shape index (κ3) is 5.41. The Morgan fingerprint density at radius 1 is 0.963 bits per heavy atom. The maximum absolute atomic E-state index is 10.7. The van der Waals surface area contributed by atoms with Gasteiger partial charge in [0.25, 0.3) is 0 Å². The summed E-state index contributed by atoms with van der Waals surface area (Å²) in [6.07, 6.45) is 2.83. The van der Waals surface area contributed by atoms with Crippen LogP contribution in [0.1, 0.15) is 42.5 Å². The number of carbonyl (C=O) groups is 1. The lowest BCUT2D eigenvalue weighted by atomic mass is 9.99. The SMILES string of the molecule is CC(NCCCc1cccc(CCC(=O)O)c1)c1cccc2ccccc12. The van der Waals surface area contributed by atoms with Crippen LogP contribution in [0.25, 0.3) is 10.8 Å². The molecule has 0 saturated heterocycles. The molecular formula is C24H27NO2. The molecule has 3 aromatic carbocycles. The predicted molar refractivity (Wildman–Crippen MR) is 111 cm³/mol. The minimum atomic E-state index is -0.743. The Morgan fingerprint density at radius 2 is 1.67 bits per heavy atom. The molecule has 0 heterocycles. The highest BCUT2D eigenvalue weighted by Gasteiger charge is 2.08. The number of aryl methyl sites for hydroxylation is 2. The number of aliphatic carboxylic acids is 1. The van der Waals surface area contributed by atoms with Gasteiger partial charge in [-0.15, -0.1) is 0 Å². The van der Waals surface area contributed by atoms with Crippen molar-refractivity contribution in [2.75, 3.05) is 6.54 Å². The van der Waals surface area contributed by atoms with Crippen molar-refractivity contribution >= 4 is 16.7 Å². The summed E-state index contributed by atoms with van der Waals surface area (Å²) in [6, 6.07) is 23.6. The maximum Gasteiger partial charge on any atom is 0.303 e. The van der Waals surface area contributed by atoms with Gasteiger partial charge in [-0.25, -0.2) is 0 Å². The van der Waals surface area contributed by atoms with Crippen LogP contribution in [-0.4, -0.2) is 17.6 Å². The summed E-state index contributed by atoms with van der Waals surface area (Å²) in [5.74, 6) is -0.743. The van der Waals surface area contributed by atoms with Crippen LogP contribution in [0.5, 0.6) is 0 Å². The van der Waals surface area contributed by atoms with Gasteiger partial charge in [-0.1, -0.05) is 66.7 Å². The Bertz CT molecular complexity index is 898. The Hall–Kier alpha value is -2.65. The van der Waals surface area contributed by atoms with Crippen LogP contribution < -0.4 is 5.32 Å². The van der Waals surface area contributed by atoms with Crippen LogP contribution in [0.3, 0.4) is 0 Å². The molecule has 27 heavy (non-hydrogen) atoms. The van der Waals surface area contributed by atoms with E-state index in [4.69, 9.17) is 5.11 Å². The molecule has 3 heteroatoms. The van der Waals surface area contributed by atoms with Gasteiger partial charge in [0.15, 0.2) is 0 Å². The molecule has 0 radical (unpaired) electrons. The molecule has 2 N–H and O–H groups in total. The second-order valence-corrected chi connectivity index (χ2v) is 7.06. The van der Waals surface area contributed by atoms with Gasteiger partial charge in [0.1, 0.15) is 0 Å². The fraction of sp³-hybridized carbons (Fsp3) is 0.292. The van der Waals surface area contributed by atoms with Crippen molar-refractivity contribution in [2.24, 2.45) is 0 Å². The van der Waals surface area contributed by atoms with Crippen molar-refractivity contribution in [3.8, 4) is 0 Å². The fourth-order valence-electron chi connectivity index (χ4n) is 3.54. The Labute approximate surface area is 161 Å². The van der Waals surface area contributed by atoms with Crippen LogP contribution in [0, 0.1) is 0 Å². The average Bonchev–Trinajstić information content (AvgIpc) is 2.69. The van der Waals surface area contributed by atoms with Crippen molar-refractivity contribution < 1.29 is 9.90 Å². The topological polar surface area (TPSA) is 49.3 Å². The van der Waals surface area contributed by atoms with Gasteiger partial charge in [-0.3, -0.25) is 4.79 Å². The molecule has 3 rings (SSSR count). The quantitative estimate of drug-likeness (QED) is 0.519. The number of hydrogen-bond donors (Lipinski definition) is 2. The number of carboxylic acid groups (broad SMARTS) is 1. The van der Waals surface area contributed by atoms with E-state index in [0.29, 0.717) is 12.5 Å². The molecule has 0 bridgehead atoms. The molecule has 0 amide bonds. The van der Waals surface area contributed by atoms with E-state index in [1.807, 2.05) is 12.1 Å². The van der Waals surface area contributed by atoms with Gasteiger partial charge in [-0.2, -0.15) is 0 Å². The van der Waals surface area contributed by atoms with Crippen LogP contribution in [0.2, 0.25) is 0 Å². The van der Waals surface area contributed by atoms with Crippen molar-refractivity contribution in [3.05, 3.63) is 83.4 Å². The standard InChI is InChI=1S/C24H27NO2/c1-18(22-13-5-11-21-10-2-3-12-23(21)22)25-16-6-9-19-7-4-8-20(17-19)14-15-24(26)27/h2-5,7-8,10-13,17-18,25H,6,9,14-16H2,1H3,(H,26,27). The summed E-state index contributed by atoms with van der Waals surface area (Å²) in [5, 5.41) is 15.1. The van der Waals surface area contributed by atoms with Crippen LogP contribution >= 0.6 is 0 Å². The van der Waals surface area contributed by atoms with Crippen molar-refractivity contribution in [1.82, 2.24) is 5.32 Å². The summed E-state index contributed by atoms with van der Waals surface area (Å²) in [7, 11) is 0. The van der Waals surface area contributed by atoms with Gasteiger partial charge in [0.2, 0.25) is 0 Å². The normalized spacial score (nSPS) is 12.2. The third-order valence-corrected chi connectivity index (χ3v) is 5.00. The van der Waals surface area contributed by atoms with Crippen LogP contribution in [0.15, 0.2) is 66.7 Å². The molecule has 1 unspecified atom stereocenters. The zero-order chi connectivity index (χ0) is 19.1. The molecular weight excluding hydrogens is 334 g/mol. The zero-order valence-corrected chi connectivity index (χ0v) is 15.8. The summed E-state index contributed by atoms with van der Waals surface area (Å²) < 4.78 is 0. The van der Waals surface area contributed by atoms with Crippen LogP contribution in [-0.2, 0) is 17.6 Å². The Balaban J connectivity index is 1.51. The van der Waals surface area contributed by atoms with E-state index < -0.39 is 5.97 Å². The first-order valence-electron chi connectivity index (χ1n) is 9.64. The van der Waals surface area contributed by atoms with Gasteiger partial charge in [0, 0.05) is 12.5 Å². The summed E-state index contributed by atoms with van der Waals surface area (Å²) in [5.41, 5.74) is 3.72. The lowest BCUT2D eigenvalue weighted by Gasteiger charge is -2.16. The molecule has 1 atom stereocenters. The number of fused-ring (bicyclic) bond motifs is 1. The molecule has 0 aromatic heterocycles. The number of hydrogen-bond acceptors (Lipinski definition) is 2. The summed E-state index contributed by atoms with van der Waals surface area (Å²) in [4.78, 5) is 10.7. The van der Waals surface area contributed by atoms with Crippen LogP contribution in [0.4, 0.5) is 0 Å². The Kier molecular flexibility index (Phi) is 6.61. The lowest BCUT2D eigenvalue weighted by molar-refractivity contribution is -0.136. The molecule has 0 spiro atoms. The highest BCUT2D eigenvalue weighted by molar-refractivity contribution is 5.86. The van der Waals surface area contributed by atoms with Crippen molar-refractivity contribution in [3.63, 3.8) is 0 Å². The molecule has 3 nitrogen and oxygen atoms in total. The number of rotatable bonds is 9. The lowest BCUT2D eigenvalue weighted by Crippen LogP contribution is -2.20. The molecule has 0 aliphatic rings. The second kappa shape index (κ2) is 9.33. The van der Waals surface area contributed by atoms with Crippen molar-refractivity contribution in [1.29, 1.82) is 0 Å². The fourth-order valence-corrected chi connectivity index (χ4v) is 3.54. The number of benzene rings is 3. The minimum Gasteiger partial charge on any atom is -0.481 e. The largest absolute Gasteiger partial charge is 0.481 e. The van der Waals surface area contributed by atoms with E-state index in [-0.39, 0.29) is 6.42 Å². The summed E-state index contributed by atoms with van der Waals surface area (Å²) in [6.45, 7) is 3.16. The van der Waals surface area contributed by atoms with Gasteiger partial charge >= 0.3 is 5.97 Å². The van der Waals surface area contributed by atoms with Crippen molar-refractivity contribution in [2.45, 2.75) is 38.6 Å². The van der Waals surface area contributed by atoms with E-state index in [1.54, 1.807) is 0 Å². The number of nitrogens with one attached hydrogen (secondary N) is 1. The Morgan fingerprint density at radius 3 is 2.48 bits per heavy atom.